The van der Waals surface area contributed by atoms with Gasteiger partial charge in [-0.3, -0.25) is 0 Å². The number of hydrogen-bond donors (Lipinski definition) is 0. The molecule has 0 fully saturated rings. The molecule has 0 spiro atoms. The summed E-state index contributed by atoms with van der Waals surface area (Å²) in [6.45, 7) is 4.97. The molecule has 1 aromatic carbocycles. The molecule has 0 atom stereocenters. The van der Waals surface area contributed by atoms with Gasteiger partial charge in [0.05, 0.1) is 11.4 Å². The van der Waals surface area contributed by atoms with Crippen molar-refractivity contribution in [3.05, 3.63) is 58.6 Å². The smallest absolute Gasteiger partial charge is 0.191 e. The fourth-order valence-corrected chi connectivity index (χ4v) is 3.11. The molecule has 0 radical (unpaired) electrons. The van der Waals surface area contributed by atoms with E-state index in [1.807, 2.05) is 17.5 Å². The zero-order valence-corrected chi connectivity index (χ0v) is 13.3. The lowest BCUT2D eigenvalue weighted by Gasteiger charge is -2.08. The van der Waals surface area contributed by atoms with Crippen molar-refractivity contribution < 1.29 is 0 Å². The number of aromatic nitrogens is 3. The lowest BCUT2D eigenvalue weighted by Crippen LogP contribution is -2.04. The van der Waals surface area contributed by atoms with Gasteiger partial charge in [-0.2, -0.15) is 5.26 Å². The third kappa shape index (κ3) is 2.78. The van der Waals surface area contributed by atoms with E-state index in [0.29, 0.717) is 18.2 Å². The Hall–Kier alpha value is -2.45. The molecule has 0 aliphatic rings. The first-order valence-corrected chi connectivity index (χ1v) is 8.03. The van der Waals surface area contributed by atoms with E-state index in [1.165, 1.54) is 5.56 Å². The minimum absolute atomic E-state index is 0.376. The molecule has 3 aromatic rings. The Morgan fingerprint density at radius 1 is 1.23 bits per heavy atom. The molecule has 0 unspecified atom stereocenters. The lowest BCUT2D eigenvalue weighted by molar-refractivity contribution is 0.655. The molecule has 0 aliphatic carbocycles. The summed E-state index contributed by atoms with van der Waals surface area (Å²) in [5.41, 5.74) is 3.64. The van der Waals surface area contributed by atoms with Crippen LogP contribution in [0.3, 0.4) is 0 Å². The molecule has 0 saturated heterocycles. The molecule has 110 valence electrons. The van der Waals surface area contributed by atoms with Crippen LogP contribution in [0, 0.1) is 11.3 Å². The molecule has 5 heteroatoms. The maximum absolute atomic E-state index is 9.23. The van der Waals surface area contributed by atoms with Crippen LogP contribution in [-0.2, 0) is 6.54 Å². The van der Waals surface area contributed by atoms with Gasteiger partial charge in [0, 0.05) is 0 Å². The summed E-state index contributed by atoms with van der Waals surface area (Å²) >= 11 is 1.59. The summed E-state index contributed by atoms with van der Waals surface area (Å²) in [6.07, 6.45) is 0. The van der Waals surface area contributed by atoms with Gasteiger partial charge >= 0.3 is 0 Å². The third-order valence-electron chi connectivity index (χ3n) is 3.57. The predicted molar refractivity (Wildman–Crippen MR) is 87.7 cm³/mol. The monoisotopic (exact) mass is 308 g/mol. The van der Waals surface area contributed by atoms with Gasteiger partial charge in [0.1, 0.15) is 11.8 Å². The van der Waals surface area contributed by atoms with E-state index in [-0.39, 0.29) is 0 Å². The maximum atomic E-state index is 9.23. The van der Waals surface area contributed by atoms with Crippen LogP contribution in [-0.4, -0.2) is 15.0 Å². The fraction of sp³-hybridized carbons (Fsp3) is 0.235. The Morgan fingerprint density at radius 3 is 2.59 bits per heavy atom. The Kier molecular flexibility index (Phi) is 4.03. The van der Waals surface area contributed by atoms with Crippen LogP contribution in [0.5, 0.6) is 0 Å². The molecule has 2 heterocycles. The van der Waals surface area contributed by atoms with E-state index >= 15 is 0 Å². The Morgan fingerprint density at radius 2 is 2.00 bits per heavy atom. The van der Waals surface area contributed by atoms with Crippen LogP contribution in [0.1, 0.15) is 36.6 Å². The average molecular weight is 308 g/mol. The molecule has 0 bridgehead atoms. The minimum Gasteiger partial charge on any atom is -0.238 e. The summed E-state index contributed by atoms with van der Waals surface area (Å²) in [4.78, 5) is 1.01. The zero-order chi connectivity index (χ0) is 15.5. The van der Waals surface area contributed by atoms with Crippen molar-refractivity contribution >= 4 is 11.3 Å². The van der Waals surface area contributed by atoms with Crippen molar-refractivity contribution in [1.29, 1.82) is 5.26 Å². The molecule has 22 heavy (non-hydrogen) atoms. The maximum Gasteiger partial charge on any atom is 0.191 e. The van der Waals surface area contributed by atoms with Gasteiger partial charge in [-0.05, 0) is 28.5 Å². The number of nitriles is 1. The van der Waals surface area contributed by atoms with Crippen LogP contribution in [0.4, 0.5) is 0 Å². The summed E-state index contributed by atoms with van der Waals surface area (Å²) < 4.78 is 1.80. The largest absolute Gasteiger partial charge is 0.238 e. The lowest BCUT2D eigenvalue weighted by atomic mass is 10.0. The van der Waals surface area contributed by atoms with Gasteiger partial charge in [0.15, 0.2) is 5.69 Å². The fourth-order valence-electron chi connectivity index (χ4n) is 2.34. The van der Waals surface area contributed by atoms with Crippen molar-refractivity contribution in [2.24, 2.45) is 0 Å². The first-order valence-electron chi connectivity index (χ1n) is 7.15. The van der Waals surface area contributed by atoms with E-state index in [1.54, 1.807) is 16.0 Å². The zero-order valence-electron chi connectivity index (χ0n) is 12.5. The topological polar surface area (TPSA) is 54.5 Å². The van der Waals surface area contributed by atoms with Gasteiger partial charge in [-0.25, -0.2) is 4.68 Å². The SMILES string of the molecule is CC(C)c1ccc(Cn2nnc(C#N)c2-c2cccs2)cc1. The standard InChI is InChI=1S/C17H16N4S/c1-12(2)14-7-5-13(6-8-14)11-21-17(15(10-18)19-20-21)16-4-3-9-22-16/h3-9,12H,11H2,1-2H3. The number of hydrogen-bond acceptors (Lipinski definition) is 4. The normalized spacial score (nSPS) is 10.8. The van der Waals surface area contributed by atoms with Crippen molar-refractivity contribution in [3.8, 4) is 16.6 Å². The van der Waals surface area contributed by atoms with E-state index in [0.717, 1.165) is 16.1 Å². The van der Waals surface area contributed by atoms with E-state index in [4.69, 9.17) is 0 Å². The molecule has 3 rings (SSSR count). The molecule has 4 nitrogen and oxygen atoms in total. The summed E-state index contributed by atoms with van der Waals surface area (Å²) in [6, 6.07) is 14.6. The molecular formula is C17H16N4S. The second kappa shape index (κ2) is 6.12. The number of thiophene rings is 1. The summed E-state index contributed by atoms with van der Waals surface area (Å²) in [5, 5.41) is 19.4. The van der Waals surface area contributed by atoms with Gasteiger partial charge in [-0.1, -0.05) is 49.4 Å². The van der Waals surface area contributed by atoms with E-state index < -0.39 is 0 Å². The van der Waals surface area contributed by atoms with Crippen LogP contribution in [0.2, 0.25) is 0 Å². The Labute approximate surface area is 133 Å². The highest BCUT2D eigenvalue weighted by atomic mass is 32.1. The number of benzene rings is 1. The first kappa shape index (κ1) is 14.5. The van der Waals surface area contributed by atoms with Crippen LogP contribution >= 0.6 is 11.3 Å². The van der Waals surface area contributed by atoms with Gasteiger partial charge in [0.25, 0.3) is 0 Å². The second-order valence-electron chi connectivity index (χ2n) is 5.43. The van der Waals surface area contributed by atoms with Crippen molar-refractivity contribution in [1.82, 2.24) is 15.0 Å². The van der Waals surface area contributed by atoms with E-state index in [2.05, 4.69) is 54.5 Å². The Balaban J connectivity index is 1.93. The number of rotatable bonds is 4. The van der Waals surface area contributed by atoms with E-state index in [9.17, 15) is 5.26 Å². The predicted octanol–water partition coefficient (Wildman–Crippen LogP) is 4.05. The third-order valence-corrected chi connectivity index (χ3v) is 4.45. The quantitative estimate of drug-likeness (QED) is 0.730. The number of nitrogens with zero attached hydrogens (tertiary/aromatic N) is 4. The first-order chi connectivity index (χ1) is 10.7. The van der Waals surface area contributed by atoms with Crippen LogP contribution in [0.15, 0.2) is 41.8 Å². The van der Waals surface area contributed by atoms with Crippen molar-refractivity contribution in [2.75, 3.05) is 0 Å². The van der Waals surface area contributed by atoms with Crippen LogP contribution in [0.25, 0.3) is 10.6 Å². The highest BCUT2D eigenvalue weighted by Gasteiger charge is 2.15. The van der Waals surface area contributed by atoms with Crippen molar-refractivity contribution in [2.45, 2.75) is 26.3 Å². The van der Waals surface area contributed by atoms with Crippen LogP contribution < -0.4 is 0 Å². The second-order valence-corrected chi connectivity index (χ2v) is 6.38. The molecule has 0 saturated carbocycles. The van der Waals surface area contributed by atoms with Gasteiger partial charge < -0.3 is 0 Å². The average Bonchev–Trinajstić information content (AvgIpc) is 3.16. The van der Waals surface area contributed by atoms with Gasteiger partial charge in [0.2, 0.25) is 0 Å². The molecular weight excluding hydrogens is 292 g/mol. The highest BCUT2D eigenvalue weighted by molar-refractivity contribution is 7.13. The van der Waals surface area contributed by atoms with Gasteiger partial charge in [-0.15, -0.1) is 16.4 Å². The highest BCUT2D eigenvalue weighted by Crippen LogP contribution is 2.27. The summed E-state index contributed by atoms with van der Waals surface area (Å²) in [7, 11) is 0. The molecule has 0 amide bonds. The molecule has 2 aromatic heterocycles. The van der Waals surface area contributed by atoms with Crippen molar-refractivity contribution in [3.63, 3.8) is 0 Å². The molecule has 0 N–H and O–H groups in total. The summed E-state index contributed by atoms with van der Waals surface area (Å²) in [5.74, 6) is 0.521. The minimum atomic E-state index is 0.376. The molecule has 0 aliphatic heterocycles. The Bertz CT molecular complexity index is 792.